The number of hydrogen-bond donors (Lipinski definition) is 1. The average molecular weight is 346 g/mol. The van der Waals surface area contributed by atoms with Gasteiger partial charge in [-0.25, -0.2) is 0 Å². The normalized spacial score (nSPS) is 14.6. The molecule has 0 amide bonds. The molecular weight excluding hydrogens is 324 g/mol. The minimum absolute atomic E-state index is 0.0905. The molecule has 0 aliphatic carbocycles. The summed E-state index contributed by atoms with van der Waals surface area (Å²) in [6.45, 7) is 3.41. The van der Waals surface area contributed by atoms with Crippen LogP contribution in [0.25, 0.3) is 6.08 Å². The minimum Gasteiger partial charge on any atom is -0.390 e. The molecule has 4 nitrogen and oxygen atoms in total. The molecule has 2 aromatic carbocycles. The Labute approximate surface area is 143 Å². The van der Waals surface area contributed by atoms with Crippen LogP contribution < -0.4 is 0 Å². The van der Waals surface area contributed by atoms with Crippen molar-refractivity contribution in [1.29, 1.82) is 0 Å². The summed E-state index contributed by atoms with van der Waals surface area (Å²) >= 11 is 0. The summed E-state index contributed by atoms with van der Waals surface area (Å²) in [5.74, 6) is -0.238. The molecule has 128 valence electrons. The maximum Gasteiger partial charge on any atom is 0.297 e. The summed E-state index contributed by atoms with van der Waals surface area (Å²) in [6.07, 6.45) is 2.81. The van der Waals surface area contributed by atoms with Crippen molar-refractivity contribution in [2.75, 3.05) is 6.61 Å². The Morgan fingerprint density at radius 3 is 2.33 bits per heavy atom. The van der Waals surface area contributed by atoms with Crippen LogP contribution >= 0.6 is 0 Å². The van der Waals surface area contributed by atoms with Gasteiger partial charge in [-0.1, -0.05) is 67.1 Å². The number of hydrogen-bond acceptors (Lipinski definition) is 4. The molecule has 5 heteroatoms. The molecule has 0 aliphatic rings. The number of benzene rings is 2. The van der Waals surface area contributed by atoms with Gasteiger partial charge in [-0.2, -0.15) is 8.42 Å². The Morgan fingerprint density at radius 1 is 1.08 bits per heavy atom. The first-order valence-electron chi connectivity index (χ1n) is 7.76. The maximum absolute atomic E-state index is 12.1. The van der Waals surface area contributed by atoms with Crippen molar-refractivity contribution in [2.45, 2.75) is 24.8 Å². The van der Waals surface area contributed by atoms with Gasteiger partial charge in [0.1, 0.15) is 0 Å². The monoisotopic (exact) mass is 346 g/mol. The molecule has 0 bridgehead atoms. The third-order valence-electron chi connectivity index (χ3n) is 3.70. The summed E-state index contributed by atoms with van der Waals surface area (Å²) in [5, 5.41) is 10.1. The summed E-state index contributed by atoms with van der Waals surface area (Å²) in [7, 11) is -3.86. The lowest BCUT2D eigenvalue weighted by Gasteiger charge is -2.15. The Kier molecular flexibility index (Phi) is 6.31. The van der Waals surface area contributed by atoms with Gasteiger partial charge in [-0.3, -0.25) is 4.18 Å². The number of aryl methyl sites for hydroxylation is 1. The first kappa shape index (κ1) is 18.4. The highest BCUT2D eigenvalue weighted by Crippen LogP contribution is 2.15. The molecule has 0 heterocycles. The Hall–Kier alpha value is -1.95. The smallest absolute Gasteiger partial charge is 0.297 e. The Morgan fingerprint density at radius 2 is 1.71 bits per heavy atom. The highest BCUT2D eigenvalue weighted by molar-refractivity contribution is 7.86. The topological polar surface area (TPSA) is 63.6 Å². The van der Waals surface area contributed by atoms with Gasteiger partial charge in [0.15, 0.2) is 0 Å². The quantitative estimate of drug-likeness (QED) is 0.780. The second-order valence-corrected chi connectivity index (χ2v) is 7.36. The molecular formula is C19H22O4S. The number of rotatable bonds is 7. The fourth-order valence-electron chi connectivity index (χ4n) is 2.04. The Balaban J connectivity index is 1.93. The third kappa shape index (κ3) is 5.30. The van der Waals surface area contributed by atoms with Crippen LogP contribution in [0.4, 0.5) is 0 Å². The van der Waals surface area contributed by atoms with Gasteiger partial charge < -0.3 is 5.11 Å². The number of aliphatic hydroxyl groups is 1. The van der Waals surface area contributed by atoms with E-state index in [1.165, 1.54) is 12.1 Å². The summed E-state index contributed by atoms with van der Waals surface area (Å²) in [5.41, 5.74) is 1.98. The van der Waals surface area contributed by atoms with Crippen molar-refractivity contribution in [3.8, 4) is 0 Å². The third-order valence-corrected chi connectivity index (χ3v) is 5.00. The lowest BCUT2D eigenvalue weighted by Crippen LogP contribution is -2.24. The molecule has 24 heavy (non-hydrogen) atoms. The average Bonchev–Trinajstić information content (AvgIpc) is 2.59. The Bertz CT molecular complexity index is 765. The SMILES string of the molecule is Cc1ccc(S(=O)(=O)OC[C@H](O)[C@H](C)/C=C/c2ccccc2)cc1. The van der Waals surface area contributed by atoms with Crippen molar-refractivity contribution >= 4 is 16.2 Å². The fourth-order valence-corrected chi connectivity index (χ4v) is 2.96. The first-order chi connectivity index (χ1) is 11.4. The van der Waals surface area contributed by atoms with Crippen LogP contribution in [0.1, 0.15) is 18.1 Å². The second-order valence-electron chi connectivity index (χ2n) is 5.75. The molecule has 0 aromatic heterocycles. The summed E-state index contributed by atoms with van der Waals surface area (Å²) in [6, 6.07) is 16.1. The predicted octanol–water partition coefficient (Wildman–Crippen LogP) is 3.41. The zero-order chi connectivity index (χ0) is 17.6. The van der Waals surface area contributed by atoms with E-state index in [2.05, 4.69) is 0 Å². The standard InChI is InChI=1S/C19H22O4S/c1-15-8-12-18(13-9-15)24(21,22)23-14-19(20)16(2)10-11-17-6-4-3-5-7-17/h3-13,16,19-20H,14H2,1-2H3/b11-10+/t16-,19+/m1/s1. The zero-order valence-electron chi connectivity index (χ0n) is 13.8. The van der Waals surface area contributed by atoms with Crippen LogP contribution in [0.3, 0.4) is 0 Å². The van der Waals surface area contributed by atoms with Crippen LogP contribution in [0.2, 0.25) is 0 Å². The largest absolute Gasteiger partial charge is 0.390 e. The fraction of sp³-hybridized carbons (Fsp3) is 0.263. The van der Waals surface area contributed by atoms with Crippen LogP contribution in [0.5, 0.6) is 0 Å². The van der Waals surface area contributed by atoms with Crippen molar-refractivity contribution in [3.63, 3.8) is 0 Å². The predicted molar refractivity (Wildman–Crippen MR) is 95.0 cm³/mol. The van der Waals surface area contributed by atoms with Crippen molar-refractivity contribution in [2.24, 2.45) is 5.92 Å². The van der Waals surface area contributed by atoms with E-state index in [0.29, 0.717) is 0 Å². The lowest BCUT2D eigenvalue weighted by molar-refractivity contribution is 0.0823. The maximum atomic E-state index is 12.1. The van der Waals surface area contributed by atoms with Gasteiger partial charge in [0, 0.05) is 5.92 Å². The van der Waals surface area contributed by atoms with Crippen molar-refractivity contribution in [1.82, 2.24) is 0 Å². The van der Waals surface area contributed by atoms with Gasteiger partial charge in [-0.05, 0) is 24.6 Å². The zero-order valence-corrected chi connectivity index (χ0v) is 14.6. The van der Waals surface area contributed by atoms with Gasteiger partial charge in [0.05, 0.1) is 17.6 Å². The van der Waals surface area contributed by atoms with Crippen LogP contribution in [0.15, 0.2) is 65.6 Å². The van der Waals surface area contributed by atoms with Crippen LogP contribution in [-0.4, -0.2) is 26.2 Å². The van der Waals surface area contributed by atoms with E-state index in [1.54, 1.807) is 12.1 Å². The van der Waals surface area contributed by atoms with E-state index in [-0.39, 0.29) is 17.4 Å². The molecule has 0 fully saturated rings. The molecule has 0 saturated heterocycles. The molecule has 2 aromatic rings. The van der Waals surface area contributed by atoms with E-state index in [9.17, 15) is 13.5 Å². The molecule has 0 unspecified atom stereocenters. The van der Waals surface area contributed by atoms with E-state index < -0.39 is 16.2 Å². The minimum atomic E-state index is -3.86. The van der Waals surface area contributed by atoms with E-state index in [1.807, 2.05) is 56.3 Å². The molecule has 0 spiro atoms. The molecule has 1 N–H and O–H groups in total. The molecule has 0 saturated carbocycles. The van der Waals surface area contributed by atoms with E-state index in [0.717, 1.165) is 11.1 Å². The lowest BCUT2D eigenvalue weighted by atomic mass is 10.0. The van der Waals surface area contributed by atoms with Crippen molar-refractivity contribution < 1.29 is 17.7 Å². The van der Waals surface area contributed by atoms with E-state index in [4.69, 9.17) is 4.18 Å². The van der Waals surface area contributed by atoms with Gasteiger partial charge >= 0.3 is 0 Å². The first-order valence-corrected chi connectivity index (χ1v) is 9.17. The highest BCUT2D eigenvalue weighted by Gasteiger charge is 2.19. The molecule has 2 atom stereocenters. The molecule has 2 rings (SSSR count). The molecule has 0 aliphatic heterocycles. The van der Waals surface area contributed by atoms with Crippen LogP contribution in [0, 0.1) is 12.8 Å². The summed E-state index contributed by atoms with van der Waals surface area (Å²) < 4.78 is 29.2. The van der Waals surface area contributed by atoms with Gasteiger partial charge in [0.2, 0.25) is 0 Å². The van der Waals surface area contributed by atoms with Gasteiger partial charge in [0.25, 0.3) is 10.1 Å². The second kappa shape index (κ2) is 8.24. The number of aliphatic hydroxyl groups excluding tert-OH is 1. The highest BCUT2D eigenvalue weighted by atomic mass is 32.2. The van der Waals surface area contributed by atoms with E-state index >= 15 is 0 Å². The molecule has 0 radical (unpaired) electrons. The van der Waals surface area contributed by atoms with Gasteiger partial charge in [-0.15, -0.1) is 0 Å². The van der Waals surface area contributed by atoms with Crippen LogP contribution in [-0.2, 0) is 14.3 Å². The summed E-state index contributed by atoms with van der Waals surface area (Å²) in [4.78, 5) is 0.0905. The van der Waals surface area contributed by atoms with Crippen molar-refractivity contribution in [3.05, 3.63) is 71.8 Å².